The maximum atomic E-state index is 13.4. The van der Waals surface area contributed by atoms with Crippen LogP contribution in [-0.4, -0.2) is 40.9 Å². The molecule has 34 heavy (non-hydrogen) atoms. The Hall–Kier alpha value is -1.60. The SMILES string of the molecule is CCOC.O=CC1=C(NC(=O)c2nn(C3CCCCC3)c3c2CCCC3)SC2CCCCCC12. The summed E-state index contributed by atoms with van der Waals surface area (Å²) in [7, 11) is 1.68. The smallest absolute Gasteiger partial charge is 0.276 e. The van der Waals surface area contributed by atoms with Crippen molar-refractivity contribution in [2.24, 2.45) is 5.92 Å². The molecule has 2 atom stereocenters. The van der Waals surface area contributed by atoms with Gasteiger partial charge in [-0.3, -0.25) is 14.3 Å². The molecule has 5 rings (SSSR count). The molecule has 6 nitrogen and oxygen atoms in total. The average Bonchev–Trinajstić information content (AvgIpc) is 3.34. The number of allylic oxidation sites excluding steroid dienone is 1. The number of carbonyl (C=O) groups is 2. The standard InChI is InChI=1S/C24H33N3O2S.C3H8O/c28-15-19-17-11-5-2-6-14-21(17)30-24(19)25-23(29)22-18-12-7-8-13-20(18)27(26-22)16-9-3-1-4-10-16;1-3-4-2/h15-17,21H,1-14H2,(H,25,29);3H2,1-2H3. The molecule has 0 bridgehead atoms. The second-order valence-electron chi connectivity index (χ2n) is 10.1. The van der Waals surface area contributed by atoms with Gasteiger partial charge in [0, 0.05) is 41.7 Å². The van der Waals surface area contributed by atoms with Gasteiger partial charge in [0.25, 0.3) is 5.91 Å². The largest absolute Gasteiger partial charge is 0.385 e. The van der Waals surface area contributed by atoms with E-state index in [1.807, 2.05) is 6.92 Å². The van der Waals surface area contributed by atoms with Crippen LogP contribution in [0, 0.1) is 5.92 Å². The average molecular weight is 488 g/mol. The predicted molar refractivity (Wildman–Crippen MR) is 137 cm³/mol. The van der Waals surface area contributed by atoms with Crippen molar-refractivity contribution in [3.05, 3.63) is 27.6 Å². The van der Waals surface area contributed by atoms with Gasteiger partial charge in [0.1, 0.15) is 6.29 Å². The molecule has 1 amide bonds. The molecule has 2 unspecified atom stereocenters. The van der Waals surface area contributed by atoms with Crippen molar-refractivity contribution in [1.82, 2.24) is 15.1 Å². The first-order chi connectivity index (χ1) is 16.7. The number of carbonyl (C=O) groups excluding carboxylic acids is 2. The van der Waals surface area contributed by atoms with Crippen molar-refractivity contribution in [2.75, 3.05) is 13.7 Å². The van der Waals surface area contributed by atoms with E-state index in [0.717, 1.165) is 61.2 Å². The Morgan fingerprint density at radius 3 is 2.44 bits per heavy atom. The lowest BCUT2D eigenvalue weighted by Gasteiger charge is -2.25. The first-order valence-electron chi connectivity index (χ1n) is 13.4. The highest BCUT2D eigenvalue weighted by Gasteiger charge is 2.37. The maximum Gasteiger partial charge on any atom is 0.276 e. The van der Waals surface area contributed by atoms with Gasteiger partial charge in [-0.2, -0.15) is 5.10 Å². The summed E-state index contributed by atoms with van der Waals surface area (Å²) in [4.78, 5) is 25.3. The van der Waals surface area contributed by atoms with Crippen LogP contribution in [0.5, 0.6) is 0 Å². The number of thioether (sulfide) groups is 1. The lowest BCUT2D eigenvalue weighted by Crippen LogP contribution is -2.24. The van der Waals surface area contributed by atoms with Gasteiger partial charge in [-0.15, -0.1) is 11.8 Å². The number of hydrogen-bond donors (Lipinski definition) is 1. The van der Waals surface area contributed by atoms with Crippen LogP contribution in [0.4, 0.5) is 0 Å². The molecule has 2 saturated carbocycles. The summed E-state index contributed by atoms with van der Waals surface area (Å²) in [6.45, 7) is 2.78. The first-order valence-corrected chi connectivity index (χ1v) is 14.3. The summed E-state index contributed by atoms with van der Waals surface area (Å²) in [5.74, 6) is 0.194. The Balaban J connectivity index is 0.000000636. The number of nitrogens with zero attached hydrogens (tertiary/aromatic N) is 2. The third-order valence-electron chi connectivity index (χ3n) is 7.87. The van der Waals surface area contributed by atoms with E-state index >= 15 is 0 Å². The molecule has 1 aromatic heterocycles. The Labute approximate surface area is 208 Å². The van der Waals surface area contributed by atoms with Crippen LogP contribution in [0.1, 0.15) is 112 Å². The second-order valence-corrected chi connectivity index (χ2v) is 11.3. The maximum absolute atomic E-state index is 13.4. The van der Waals surface area contributed by atoms with E-state index in [0.29, 0.717) is 22.9 Å². The van der Waals surface area contributed by atoms with Gasteiger partial charge >= 0.3 is 0 Å². The lowest BCUT2D eigenvalue weighted by atomic mass is 9.92. The fourth-order valence-electron chi connectivity index (χ4n) is 6.00. The van der Waals surface area contributed by atoms with Crippen molar-refractivity contribution in [3.63, 3.8) is 0 Å². The Bertz CT molecular complexity index is 886. The van der Waals surface area contributed by atoms with Crippen molar-refractivity contribution in [3.8, 4) is 0 Å². The van der Waals surface area contributed by atoms with Crippen molar-refractivity contribution in [1.29, 1.82) is 0 Å². The van der Waals surface area contributed by atoms with Gasteiger partial charge in [0.05, 0.1) is 11.1 Å². The van der Waals surface area contributed by atoms with E-state index in [-0.39, 0.29) is 5.91 Å². The van der Waals surface area contributed by atoms with Gasteiger partial charge < -0.3 is 10.1 Å². The molecule has 3 aliphatic carbocycles. The predicted octanol–water partition coefficient (Wildman–Crippen LogP) is 5.76. The first kappa shape index (κ1) is 25.5. The van der Waals surface area contributed by atoms with Crippen LogP contribution in [0.3, 0.4) is 0 Å². The number of fused-ring (bicyclic) bond motifs is 2. The molecule has 188 valence electrons. The summed E-state index contributed by atoms with van der Waals surface area (Å²) in [6, 6.07) is 0.448. The highest BCUT2D eigenvalue weighted by molar-refractivity contribution is 8.04. The molecular formula is C27H41N3O3S. The van der Waals surface area contributed by atoms with Crippen molar-refractivity contribution in [2.45, 2.75) is 108 Å². The Morgan fingerprint density at radius 1 is 1.06 bits per heavy atom. The summed E-state index contributed by atoms with van der Waals surface area (Å²) in [6.07, 6.45) is 17.3. The number of aromatic nitrogens is 2. The van der Waals surface area contributed by atoms with Crippen LogP contribution in [0.15, 0.2) is 10.6 Å². The number of amides is 1. The molecule has 0 radical (unpaired) electrons. The molecule has 0 aromatic carbocycles. The molecule has 2 fully saturated rings. The zero-order valence-electron chi connectivity index (χ0n) is 20.9. The minimum atomic E-state index is -0.110. The normalized spacial score (nSPS) is 25.0. The molecule has 1 N–H and O–H groups in total. The molecule has 4 aliphatic rings. The molecule has 7 heteroatoms. The fourth-order valence-corrected chi connectivity index (χ4v) is 7.52. The minimum Gasteiger partial charge on any atom is -0.385 e. The van der Waals surface area contributed by atoms with Crippen LogP contribution in [0.2, 0.25) is 0 Å². The summed E-state index contributed by atoms with van der Waals surface area (Å²) >= 11 is 1.72. The minimum absolute atomic E-state index is 0.110. The van der Waals surface area contributed by atoms with E-state index in [9.17, 15) is 9.59 Å². The van der Waals surface area contributed by atoms with Crippen LogP contribution < -0.4 is 5.32 Å². The molecule has 1 aromatic rings. The number of methoxy groups -OCH3 is 1. The van der Waals surface area contributed by atoms with Gasteiger partial charge in [0.15, 0.2) is 5.69 Å². The lowest BCUT2D eigenvalue weighted by molar-refractivity contribution is -0.105. The van der Waals surface area contributed by atoms with E-state index in [4.69, 9.17) is 5.10 Å². The number of ether oxygens (including phenoxy) is 1. The topological polar surface area (TPSA) is 73.2 Å². The van der Waals surface area contributed by atoms with Crippen LogP contribution in [-0.2, 0) is 22.4 Å². The zero-order valence-corrected chi connectivity index (χ0v) is 21.8. The third kappa shape index (κ3) is 5.62. The molecular weight excluding hydrogens is 446 g/mol. The monoisotopic (exact) mass is 487 g/mol. The van der Waals surface area contributed by atoms with Gasteiger partial charge in [-0.1, -0.05) is 38.5 Å². The molecule has 0 spiro atoms. The fraction of sp³-hybridized carbons (Fsp3) is 0.741. The van der Waals surface area contributed by atoms with E-state index in [1.165, 1.54) is 63.5 Å². The van der Waals surface area contributed by atoms with Crippen LogP contribution in [0.25, 0.3) is 0 Å². The third-order valence-corrected chi connectivity index (χ3v) is 9.31. The second kappa shape index (κ2) is 12.4. The van der Waals surface area contributed by atoms with Crippen LogP contribution >= 0.6 is 11.8 Å². The van der Waals surface area contributed by atoms with Gasteiger partial charge in [0.2, 0.25) is 0 Å². The van der Waals surface area contributed by atoms with E-state index < -0.39 is 0 Å². The molecule has 0 saturated heterocycles. The highest BCUT2D eigenvalue weighted by atomic mass is 32.2. The number of aldehydes is 1. The Morgan fingerprint density at radius 2 is 1.74 bits per heavy atom. The zero-order chi connectivity index (χ0) is 23.9. The Kier molecular flexibility index (Phi) is 9.29. The van der Waals surface area contributed by atoms with Crippen molar-refractivity contribution >= 4 is 24.0 Å². The quantitative estimate of drug-likeness (QED) is 0.535. The molecule has 1 aliphatic heterocycles. The van der Waals surface area contributed by atoms with Crippen molar-refractivity contribution < 1.29 is 14.3 Å². The highest BCUT2D eigenvalue weighted by Crippen LogP contribution is 2.46. The van der Waals surface area contributed by atoms with E-state index in [2.05, 4.69) is 14.7 Å². The number of hydrogen-bond acceptors (Lipinski definition) is 5. The number of rotatable bonds is 5. The van der Waals surface area contributed by atoms with Gasteiger partial charge in [-0.05, 0) is 58.3 Å². The summed E-state index contributed by atoms with van der Waals surface area (Å²) in [5.41, 5.74) is 3.89. The summed E-state index contributed by atoms with van der Waals surface area (Å²) < 4.78 is 6.75. The van der Waals surface area contributed by atoms with E-state index in [1.54, 1.807) is 18.9 Å². The summed E-state index contributed by atoms with van der Waals surface area (Å²) in [5, 5.41) is 9.27. The number of nitrogens with one attached hydrogen (secondary N) is 1. The van der Waals surface area contributed by atoms with Gasteiger partial charge in [-0.25, -0.2) is 0 Å². The molecule has 2 heterocycles.